The molecule has 9 heteroatoms. The molecule has 16 heavy (non-hydrogen) atoms. The van der Waals surface area contributed by atoms with Crippen LogP contribution in [-0.2, 0) is 17.1 Å². The standard InChI is InChI=1S/C7H13BrN4O3S/c1-3-12(4-5-13)16(14,15)7-6(8)9-10-11(7)2/h13H,3-5H2,1-2H3. The zero-order valence-electron chi connectivity index (χ0n) is 8.96. The summed E-state index contributed by atoms with van der Waals surface area (Å²) < 4.78 is 26.8. The monoisotopic (exact) mass is 312 g/mol. The Hall–Kier alpha value is -0.510. The second kappa shape index (κ2) is 5.21. The summed E-state index contributed by atoms with van der Waals surface area (Å²) in [5.74, 6) is 0. The van der Waals surface area contributed by atoms with Crippen molar-refractivity contribution in [2.45, 2.75) is 11.9 Å². The maximum Gasteiger partial charge on any atom is 0.263 e. The van der Waals surface area contributed by atoms with Crippen LogP contribution in [-0.4, -0.2) is 52.5 Å². The van der Waals surface area contributed by atoms with Crippen LogP contribution in [0.25, 0.3) is 0 Å². The van der Waals surface area contributed by atoms with Gasteiger partial charge < -0.3 is 5.11 Å². The molecule has 0 radical (unpaired) electrons. The van der Waals surface area contributed by atoms with Crippen LogP contribution in [0.15, 0.2) is 9.63 Å². The van der Waals surface area contributed by atoms with Gasteiger partial charge in [0.1, 0.15) is 0 Å². The largest absolute Gasteiger partial charge is 0.395 e. The van der Waals surface area contributed by atoms with Gasteiger partial charge in [-0.25, -0.2) is 13.1 Å². The number of aliphatic hydroxyl groups is 1. The smallest absolute Gasteiger partial charge is 0.263 e. The van der Waals surface area contributed by atoms with Gasteiger partial charge in [0.25, 0.3) is 10.0 Å². The van der Waals surface area contributed by atoms with Gasteiger partial charge in [0.05, 0.1) is 6.61 Å². The molecule has 0 atom stereocenters. The van der Waals surface area contributed by atoms with E-state index in [-0.39, 0.29) is 29.3 Å². The summed E-state index contributed by atoms with van der Waals surface area (Å²) in [6, 6.07) is 0. The normalized spacial score (nSPS) is 12.3. The Labute approximate surface area is 102 Å². The number of nitrogens with zero attached hydrogens (tertiary/aromatic N) is 4. The molecule has 92 valence electrons. The molecule has 0 bridgehead atoms. The number of aryl methyl sites for hydroxylation is 1. The highest BCUT2D eigenvalue weighted by Crippen LogP contribution is 2.21. The van der Waals surface area contributed by atoms with Crippen molar-refractivity contribution < 1.29 is 13.5 Å². The number of likely N-dealkylation sites (N-methyl/N-ethyl adjacent to an activating group) is 1. The van der Waals surface area contributed by atoms with Gasteiger partial charge in [-0.3, -0.25) is 0 Å². The zero-order chi connectivity index (χ0) is 12.3. The van der Waals surface area contributed by atoms with Crippen LogP contribution in [0, 0.1) is 0 Å². The fourth-order valence-corrected chi connectivity index (χ4v) is 3.75. The highest BCUT2D eigenvalue weighted by Gasteiger charge is 2.29. The molecule has 1 N–H and O–H groups in total. The Bertz CT molecular complexity index is 439. The van der Waals surface area contributed by atoms with Crippen LogP contribution in [0.4, 0.5) is 0 Å². The number of hydrogen-bond acceptors (Lipinski definition) is 5. The lowest BCUT2D eigenvalue weighted by Crippen LogP contribution is -2.34. The van der Waals surface area contributed by atoms with E-state index in [9.17, 15) is 8.42 Å². The summed E-state index contributed by atoms with van der Waals surface area (Å²) in [6.45, 7) is 1.80. The molecule has 0 aliphatic rings. The second-order valence-electron chi connectivity index (χ2n) is 3.03. The van der Waals surface area contributed by atoms with Crippen LogP contribution in [0.3, 0.4) is 0 Å². The molecule has 0 amide bonds. The van der Waals surface area contributed by atoms with Gasteiger partial charge >= 0.3 is 0 Å². The van der Waals surface area contributed by atoms with Gasteiger partial charge in [0.2, 0.25) is 5.03 Å². The highest BCUT2D eigenvalue weighted by atomic mass is 79.9. The number of rotatable bonds is 5. The van der Waals surface area contributed by atoms with E-state index in [1.165, 1.54) is 11.7 Å². The predicted octanol–water partition coefficient (Wildman–Crippen LogP) is -0.419. The molecule has 0 aliphatic heterocycles. The van der Waals surface area contributed by atoms with Crippen molar-refractivity contribution in [1.82, 2.24) is 19.3 Å². The third-order valence-electron chi connectivity index (χ3n) is 2.02. The van der Waals surface area contributed by atoms with E-state index in [1.807, 2.05) is 0 Å². The SMILES string of the molecule is CCN(CCO)S(=O)(=O)c1c(Br)nnn1C. The second-order valence-corrected chi connectivity index (χ2v) is 5.63. The molecular weight excluding hydrogens is 300 g/mol. The van der Waals surface area contributed by atoms with E-state index < -0.39 is 10.0 Å². The van der Waals surface area contributed by atoms with E-state index in [0.29, 0.717) is 0 Å². The highest BCUT2D eigenvalue weighted by molar-refractivity contribution is 9.10. The third-order valence-corrected chi connectivity index (χ3v) is 4.89. The van der Waals surface area contributed by atoms with E-state index >= 15 is 0 Å². The summed E-state index contributed by atoms with van der Waals surface area (Å²) in [6.07, 6.45) is 0. The zero-order valence-corrected chi connectivity index (χ0v) is 11.4. The number of sulfonamides is 1. The average molecular weight is 313 g/mol. The first-order valence-corrected chi connectivity index (χ1v) is 6.84. The van der Waals surface area contributed by atoms with Gasteiger partial charge in [-0.2, -0.15) is 4.31 Å². The molecular formula is C7H13BrN4O3S. The molecule has 0 aromatic carbocycles. The van der Waals surface area contributed by atoms with E-state index in [4.69, 9.17) is 5.11 Å². The molecule has 0 spiro atoms. The molecule has 0 aliphatic carbocycles. The van der Waals surface area contributed by atoms with Crippen molar-refractivity contribution in [2.75, 3.05) is 19.7 Å². The number of aromatic nitrogens is 3. The third kappa shape index (κ3) is 2.42. The Kier molecular flexibility index (Phi) is 4.42. The minimum atomic E-state index is -3.67. The predicted molar refractivity (Wildman–Crippen MR) is 60.2 cm³/mol. The van der Waals surface area contributed by atoms with Crippen molar-refractivity contribution in [1.29, 1.82) is 0 Å². The summed E-state index contributed by atoms with van der Waals surface area (Å²) in [5.41, 5.74) is 0. The maximum absolute atomic E-state index is 12.1. The maximum atomic E-state index is 12.1. The Morgan fingerprint density at radius 1 is 1.56 bits per heavy atom. The van der Waals surface area contributed by atoms with Crippen LogP contribution < -0.4 is 0 Å². The fraction of sp³-hybridized carbons (Fsp3) is 0.714. The van der Waals surface area contributed by atoms with Crippen LogP contribution in [0.1, 0.15) is 6.92 Å². The van der Waals surface area contributed by atoms with E-state index in [1.54, 1.807) is 6.92 Å². The molecule has 7 nitrogen and oxygen atoms in total. The van der Waals surface area contributed by atoms with Crippen LogP contribution in [0.5, 0.6) is 0 Å². The molecule has 0 saturated heterocycles. The quantitative estimate of drug-likeness (QED) is 0.798. The minimum absolute atomic E-state index is 0.0113. The molecule has 0 fully saturated rings. The lowest BCUT2D eigenvalue weighted by atomic mass is 10.6. The Morgan fingerprint density at radius 2 is 2.19 bits per heavy atom. The summed E-state index contributed by atoms with van der Waals surface area (Å²) in [7, 11) is -2.17. The fourth-order valence-electron chi connectivity index (χ4n) is 1.28. The number of halogens is 1. The van der Waals surface area contributed by atoms with Crippen molar-refractivity contribution in [3.05, 3.63) is 4.60 Å². The molecule has 0 unspecified atom stereocenters. The Balaban J connectivity index is 3.20. The van der Waals surface area contributed by atoms with E-state index in [0.717, 1.165) is 4.31 Å². The van der Waals surface area contributed by atoms with Crippen molar-refractivity contribution in [2.24, 2.45) is 7.05 Å². The Morgan fingerprint density at radius 3 is 2.56 bits per heavy atom. The summed E-state index contributed by atoms with van der Waals surface area (Å²) >= 11 is 3.04. The van der Waals surface area contributed by atoms with Gasteiger partial charge in [0, 0.05) is 20.1 Å². The average Bonchev–Trinajstić information content (AvgIpc) is 2.55. The molecule has 1 aromatic heterocycles. The van der Waals surface area contributed by atoms with Gasteiger partial charge in [-0.1, -0.05) is 12.1 Å². The summed E-state index contributed by atoms with van der Waals surface area (Å²) in [4.78, 5) is 0. The first kappa shape index (κ1) is 13.6. The number of aliphatic hydroxyl groups excluding tert-OH is 1. The lowest BCUT2D eigenvalue weighted by molar-refractivity contribution is 0.256. The lowest BCUT2D eigenvalue weighted by Gasteiger charge is -2.18. The van der Waals surface area contributed by atoms with E-state index in [2.05, 4.69) is 26.2 Å². The molecule has 1 aromatic rings. The molecule has 0 saturated carbocycles. The summed E-state index contributed by atoms with van der Waals surface area (Å²) in [5, 5.41) is 16.0. The molecule has 1 heterocycles. The van der Waals surface area contributed by atoms with Crippen LogP contribution in [0.2, 0.25) is 0 Å². The van der Waals surface area contributed by atoms with Gasteiger partial charge in [-0.15, -0.1) is 5.10 Å². The number of hydrogen-bond donors (Lipinski definition) is 1. The minimum Gasteiger partial charge on any atom is -0.395 e. The first-order chi connectivity index (χ1) is 7.45. The van der Waals surface area contributed by atoms with Gasteiger partial charge in [-0.05, 0) is 15.9 Å². The first-order valence-electron chi connectivity index (χ1n) is 4.61. The van der Waals surface area contributed by atoms with Gasteiger partial charge in [0.15, 0.2) is 4.60 Å². The topological polar surface area (TPSA) is 88.3 Å². The van der Waals surface area contributed by atoms with Crippen molar-refractivity contribution >= 4 is 26.0 Å². The van der Waals surface area contributed by atoms with Crippen LogP contribution >= 0.6 is 15.9 Å². The molecule has 1 rings (SSSR count). The van der Waals surface area contributed by atoms with Crippen molar-refractivity contribution in [3.63, 3.8) is 0 Å². The van der Waals surface area contributed by atoms with Crippen molar-refractivity contribution in [3.8, 4) is 0 Å².